The Morgan fingerprint density at radius 1 is 0.912 bits per heavy atom. The number of benzene rings is 3. The lowest BCUT2D eigenvalue weighted by molar-refractivity contribution is -0.383. The van der Waals surface area contributed by atoms with Crippen LogP contribution >= 0.6 is 0 Å². The highest BCUT2D eigenvalue weighted by atomic mass is 16.6. The van der Waals surface area contributed by atoms with Gasteiger partial charge in [0.1, 0.15) is 17.2 Å². The number of anilines is 1. The number of nitro groups is 1. The minimum Gasteiger partial charge on any atom is -0.457 e. The van der Waals surface area contributed by atoms with Crippen molar-refractivity contribution in [2.24, 2.45) is 0 Å². The van der Waals surface area contributed by atoms with Gasteiger partial charge in [0.05, 0.1) is 16.3 Å². The summed E-state index contributed by atoms with van der Waals surface area (Å²) in [6.07, 6.45) is 3.22. The zero-order valence-corrected chi connectivity index (χ0v) is 18.9. The van der Waals surface area contributed by atoms with Crippen LogP contribution in [0.3, 0.4) is 0 Å². The lowest BCUT2D eigenvalue weighted by Gasteiger charge is -2.12. The lowest BCUT2D eigenvalue weighted by Crippen LogP contribution is -2.22. The lowest BCUT2D eigenvalue weighted by atomic mass is 10.2. The van der Waals surface area contributed by atoms with Gasteiger partial charge in [0.25, 0.3) is 5.69 Å². The normalized spacial score (nSPS) is 10.9. The Hall–Kier alpha value is -4.37. The molecule has 0 saturated carbocycles. The highest BCUT2D eigenvalue weighted by molar-refractivity contribution is 5.65. The average Bonchev–Trinajstić information content (AvgIpc) is 3.21. The predicted molar refractivity (Wildman–Crippen MR) is 132 cm³/mol. The van der Waals surface area contributed by atoms with E-state index in [1.54, 1.807) is 48.8 Å². The van der Waals surface area contributed by atoms with Gasteiger partial charge in [-0.25, -0.2) is 4.79 Å². The van der Waals surface area contributed by atoms with Crippen LogP contribution in [0.15, 0.2) is 90.0 Å². The molecule has 0 unspecified atom stereocenters. The number of nitro benzene ring substituents is 1. The summed E-state index contributed by atoms with van der Waals surface area (Å²) < 4.78 is 8.65. The van der Waals surface area contributed by atoms with Crippen LogP contribution in [0, 0.1) is 10.1 Å². The van der Waals surface area contributed by atoms with E-state index in [9.17, 15) is 14.9 Å². The molecule has 0 aliphatic rings. The highest BCUT2D eigenvalue weighted by Gasteiger charge is 2.17. The fraction of sp³-hybridized carbons (Fsp3) is 0.160. The first kappa shape index (κ1) is 22.8. The van der Waals surface area contributed by atoms with E-state index in [1.807, 2.05) is 49.3 Å². The smallest absolute Gasteiger partial charge is 0.337 e. The van der Waals surface area contributed by atoms with E-state index in [-0.39, 0.29) is 11.4 Å². The molecule has 1 N–H and O–H groups in total. The third-order valence-electron chi connectivity index (χ3n) is 5.20. The van der Waals surface area contributed by atoms with E-state index >= 15 is 0 Å². The molecule has 0 fully saturated rings. The van der Waals surface area contributed by atoms with Gasteiger partial charge < -0.3 is 15.0 Å². The van der Waals surface area contributed by atoms with E-state index in [4.69, 9.17) is 4.74 Å². The van der Waals surface area contributed by atoms with Gasteiger partial charge in [0.15, 0.2) is 0 Å². The molecule has 1 aromatic heterocycles. The van der Waals surface area contributed by atoms with Crippen molar-refractivity contribution in [1.29, 1.82) is 0 Å². The second-order valence-electron chi connectivity index (χ2n) is 7.92. The Bertz CT molecular complexity index is 1330. The first-order chi connectivity index (χ1) is 16.4. The third kappa shape index (κ3) is 5.16. The Labute approximate surface area is 196 Å². The molecule has 9 heteroatoms. The molecule has 0 aliphatic carbocycles. The summed E-state index contributed by atoms with van der Waals surface area (Å²) in [6.45, 7) is 1.30. The number of rotatable bonds is 9. The number of nitrogens with zero attached hydrogens (tertiary/aromatic N) is 4. The van der Waals surface area contributed by atoms with Gasteiger partial charge in [-0.1, -0.05) is 18.2 Å². The van der Waals surface area contributed by atoms with Crippen LogP contribution in [-0.4, -0.2) is 46.1 Å². The summed E-state index contributed by atoms with van der Waals surface area (Å²) in [6, 6.07) is 21.3. The van der Waals surface area contributed by atoms with Crippen LogP contribution in [-0.2, 0) is 0 Å². The predicted octanol–water partition coefficient (Wildman–Crippen LogP) is 4.30. The standard InChI is InChI=1S/C25H25N5O4/c1-27(2)15-14-26-23-13-10-20(18-24(23)30(32)33)29-17-16-28(25(29)31)19-8-11-22(12-9-19)34-21-6-4-3-5-7-21/h3-13,16-18,26H,14-15H2,1-2H3. The molecule has 9 nitrogen and oxygen atoms in total. The fourth-order valence-electron chi connectivity index (χ4n) is 3.45. The van der Waals surface area contributed by atoms with Gasteiger partial charge >= 0.3 is 5.69 Å². The molecule has 4 rings (SSSR count). The zero-order chi connectivity index (χ0) is 24.1. The first-order valence-electron chi connectivity index (χ1n) is 10.7. The maximum absolute atomic E-state index is 13.1. The van der Waals surface area contributed by atoms with Crippen molar-refractivity contribution in [3.63, 3.8) is 0 Å². The van der Waals surface area contributed by atoms with Crippen molar-refractivity contribution in [3.05, 3.63) is 106 Å². The molecule has 0 spiro atoms. The maximum Gasteiger partial charge on any atom is 0.337 e. The first-order valence-corrected chi connectivity index (χ1v) is 10.7. The SMILES string of the molecule is CN(C)CCNc1ccc(-n2ccn(-c3ccc(Oc4ccccc4)cc3)c2=O)cc1[N+](=O)[O-]. The van der Waals surface area contributed by atoms with E-state index in [0.717, 1.165) is 12.3 Å². The summed E-state index contributed by atoms with van der Waals surface area (Å²) in [5.74, 6) is 1.37. The van der Waals surface area contributed by atoms with E-state index < -0.39 is 4.92 Å². The van der Waals surface area contributed by atoms with E-state index in [0.29, 0.717) is 29.4 Å². The molecule has 0 aliphatic heterocycles. The number of para-hydroxylation sites is 1. The molecule has 0 bridgehead atoms. The second-order valence-corrected chi connectivity index (χ2v) is 7.92. The van der Waals surface area contributed by atoms with Crippen LogP contribution in [0.25, 0.3) is 11.4 Å². The van der Waals surface area contributed by atoms with Crippen molar-refractivity contribution in [1.82, 2.24) is 14.0 Å². The summed E-state index contributed by atoms with van der Waals surface area (Å²) in [4.78, 5) is 26.2. The molecule has 3 aromatic carbocycles. The fourth-order valence-corrected chi connectivity index (χ4v) is 3.45. The molecule has 4 aromatic rings. The molecule has 174 valence electrons. The Balaban J connectivity index is 1.56. The van der Waals surface area contributed by atoms with Gasteiger partial charge in [0.2, 0.25) is 0 Å². The minimum absolute atomic E-state index is 0.0849. The number of aromatic nitrogens is 2. The largest absolute Gasteiger partial charge is 0.457 e. The number of nitrogens with one attached hydrogen (secondary N) is 1. The molecule has 0 atom stereocenters. The van der Waals surface area contributed by atoms with E-state index in [1.165, 1.54) is 15.2 Å². The minimum atomic E-state index is -0.449. The highest BCUT2D eigenvalue weighted by Crippen LogP contribution is 2.27. The number of ether oxygens (including phenoxy) is 1. The Morgan fingerprint density at radius 2 is 1.53 bits per heavy atom. The van der Waals surface area contributed by atoms with Gasteiger partial charge in [-0.2, -0.15) is 0 Å². The topological polar surface area (TPSA) is 94.6 Å². The summed E-state index contributed by atoms with van der Waals surface area (Å²) in [5.41, 5.74) is 1.06. The molecule has 0 saturated heterocycles. The third-order valence-corrected chi connectivity index (χ3v) is 5.20. The Kier molecular flexibility index (Phi) is 6.74. The van der Waals surface area contributed by atoms with Crippen molar-refractivity contribution >= 4 is 11.4 Å². The number of hydrogen-bond acceptors (Lipinski definition) is 6. The van der Waals surface area contributed by atoms with Crippen LogP contribution in [0.1, 0.15) is 0 Å². The van der Waals surface area contributed by atoms with E-state index in [2.05, 4.69) is 5.32 Å². The molecular weight excluding hydrogens is 434 g/mol. The van der Waals surface area contributed by atoms with Crippen molar-refractivity contribution in [3.8, 4) is 22.9 Å². The number of hydrogen-bond donors (Lipinski definition) is 1. The number of imidazole rings is 1. The summed E-state index contributed by atoms with van der Waals surface area (Å²) in [5, 5.41) is 14.7. The Morgan fingerprint density at radius 3 is 2.18 bits per heavy atom. The van der Waals surface area contributed by atoms with Crippen LogP contribution < -0.4 is 15.7 Å². The van der Waals surface area contributed by atoms with Crippen molar-refractivity contribution in [2.75, 3.05) is 32.5 Å². The van der Waals surface area contributed by atoms with Gasteiger partial charge in [-0.15, -0.1) is 0 Å². The molecule has 0 amide bonds. The zero-order valence-electron chi connectivity index (χ0n) is 18.9. The van der Waals surface area contributed by atoms with Crippen molar-refractivity contribution in [2.45, 2.75) is 0 Å². The van der Waals surface area contributed by atoms with Gasteiger partial charge in [-0.05, 0) is 62.6 Å². The molecule has 1 heterocycles. The van der Waals surface area contributed by atoms with Crippen molar-refractivity contribution < 1.29 is 9.66 Å². The molecular formula is C25H25N5O4. The second kappa shape index (κ2) is 10.1. The number of likely N-dealkylation sites (N-methyl/N-ethyl adjacent to an activating group) is 1. The maximum atomic E-state index is 13.1. The van der Waals surface area contributed by atoms with Crippen LogP contribution in [0.2, 0.25) is 0 Å². The van der Waals surface area contributed by atoms with Gasteiger partial charge in [-0.3, -0.25) is 19.2 Å². The van der Waals surface area contributed by atoms with Crippen LogP contribution in [0.5, 0.6) is 11.5 Å². The molecule has 0 radical (unpaired) electrons. The summed E-state index contributed by atoms with van der Waals surface area (Å²) >= 11 is 0. The molecule has 34 heavy (non-hydrogen) atoms. The monoisotopic (exact) mass is 459 g/mol. The average molecular weight is 460 g/mol. The van der Waals surface area contributed by atoms with Gasteiger partial charge in [0, 0.05) is 31.5 Å². The quantitative estimate of drug-likeness (QED) is 0.296. The van der Waals surface area contributed by atoms with Crippen LogP contribution in [0.4, 0.5) is 11.4 Å². The summed E-state index contributed by atoms with van der Waals surface area (Å²) in [7, 11) is 3.86.